The van der Waals surface area contributed by atoms with Crippen molar-refractivity contribution in [1.29, 1.82) is 5.26 Å². The highest BCUT2D eigenvalue weighted by Crippen LogP contribution is 2.25. The van der Waals surface area contributed by atoms with E-state index in [-0.39, 0.29) is 11.0 Å². The molecule has 3 rings (SSSR count). The molecule has 0 bridgehead atoms. The number of tetrazole rings is 1. The minimum Gasteiger partial charge on any atom is -0.508 e. The maximum absolute atomic E-state index is 9.46. The van der Waals surface area contributed by atoms with Crippen molar-refractivity contribution in [2.24, 2.45) is 0 Å². The molecule has 1 aromatic heterocycles. The van der Waals surface area contributed by atoms with Crippen molar-refractivity contribution < 1.29 is 5.11 Å². The number of phenolic OH excluding ortho intramolecular Hbond substituents is 1. The van der Waals surface area contributed by atoms with Gasteiger partial charge in [0, 0.05) is 0 Å². The average molecular weight is 337 g/mol. The normalized spacial score (nSPS) is 11.8. The second-order valence-electron chi connectivity index (χ2n) is 5.31. The lowest BCUT2D eigenvalue weighted by molar-refractivity contribution is 0.475. The predicted octanol–water partition coefficient (Wildman–Crippen LogP) is 2.90. The fourth-order valence-corrected chi connectivity index (χ4v) is 3.10. The van der Waals surface area contributed by atoms with Crippen molar-refractivity contribution in [2.75, 3.05) is 0 Å². The summed E-state index contributed by atoms with van der Waals surface area (Å²) in [4.78, 5) is 0. The zero-order valence-electron chi connectivity index (χ0n) is 13.0. The van der Waals surface area contributed by atoms with Crippen LogP contribution in [-0.4, -0.2) is 30.6 Å². The van der Waals surface area contributed by atoms with E-state index in [9.17, 15) is 10.4 Å². The first-order valence-corrected chi connectivity index (χ1v) is 8.23. The molecule has 1 N–H and O–H groups in total. The third-order valence-electron chi connectivity index (χ3n) is 3.47. The number of aryl methyl sites for hydroxylation is 1. The summed E-state index contributed by atoms with van der Waals surface area (Å²) in [6, 6.07) is 17.0. The molecule has 1 heterocycles. The topological polar surface area (TPSA) is 87.6 Å². The number of rotatable bonds is 5. The van der Waals surface area contributed by atoms with Gasteiger partial charge in [0.25, 0.3) is 0 Å². The molecule has 0 fully saturated rings. The third kappa shape index (κ3) is 3.73. The molecule has 0 saturated carbocycles. The first-order chi connectivity index (χ1) is 11.7. The molecule has 6 nitrogen and oxygen atoms in total. The summed E-state index contributed by atoms with van der Waals surface area (Å²) < 4.78 is 1.56. The van der Waals surface area contributed by atoms with E-state index >= 15 is 0 Å². The van der Waals surface area contributed by atoms with Gasteiger partial charge in [0.05, 0.1) is 11.8 Å². The summed E-state index contributed by atoms with van der Waals surface area (Å²) in [5.74, 6) is 0.176. The summed E-state index contributed by atoms with van der Waals surface area (Å²) in [7, 11) is 0. The van der Waals surface area contributed by atoms with Crippen LogP contribution in [0.3, 0.4) is 0 Å². The Morgan fingerprint density at radius 2 is 1.88 bits per heavy atom. The number of aromatic nitrogens is 4. The smallest absolute Gasteiger partial charge is 0.215 e. The van der Waals surface area contributed by atoms with Crippen molar-refractivity contribution in [2.45, 2.75) is 23.8 Å². The van der Waals surface area contributed by atoms with Crippen LogP contribution in [0.25, 0.3) is 5.69 Å². The Morgan fingerprint density at radius 1 is 1.17 bits per heavy atom. The summed E-state index contributed by atoms with van der Waals surface area (Å²) in [6.07, 6.45) is 0.615. The highest BCUT2D eigenvalue weighted by molar-refractivity contribution is 8.00. The second-order valence-corrected chi connectivity index (χ2v) is 6.48. The Balaban J connectivity index is 1.77. The number of thioether (sulfide) groups is 1. The SMILES string of the molecule is Cc1ccc(C[C@H](C#N)Sc2nnnn2-c2ccc(O)cc2)cc1. The van der Waals surface area contributed by atoms with Gasteiger partial charge in [-0.25, -0.2) is 0 Å². The van der Waals surface area contributed by atoms with Crippen LogP contribution in [0.1, 0.15) is 11.1 Å². The number of hydrogen-bond acceptors (Lipinski definition) is 6. The number of benzene rings is 2. The monoisotopic (exact) mass is 337 g/mol. The molecule has 0 aliphatic heterocycles. The van der Waals surface area contributed by atoms with Crippen LogP contribution in [0, 0.1) is 18.3 Å². The highest BCUT2D eigenvalue weighted by atomic mass is 32.2. The van der Waals surface area contributed by atoms with E-state index in [4.69, 9.17) is 0 Å². The standard InChI is InChI=1S/C17H15N5OS/c1-12-2-4-13(5-3-12)10-16(11-18)24-17-19-20-21-22(17)14-6-8-15(23)9-7-14/h2-9,16,23H,10H2,1H3/t16-/m1/s1. The van der Waals surface area contributed by atoms with Crippen LogP contribution in [-0.2, 0) is 6.42 Å². The minimum absolute atomic E-state index is 0.176. The molecular weight excluding hydrogens is 322 g/mol. The number of nitrogens with zero attached hydrogens (tertiary/aromatic N) is 5. The van der Waals surface area contributed by atoms with Crippen LogP contribution in [0.2, 0.25) is 0 Å². The van der Waals surface area contributed by atoms with Crippen LogP contribution in [0.4, 0.5) is 0 Å². The van der Waals surface area contributed by atoms with Crippen molar-refractivity contribution in [1.82, 2.24) is 20.2 Å². The van der Waals surface area contributed by atoms with Crippen LogP contribution in [0.15, 0.2) is 53.7 Å². The molecular formula is C17H15N5OS. The van der Waals surface area contributed by atoms with E-state index in [2.05, 4.69) is 21.6 Å². The number of nitriles is 1. The molecule has 0 aliphatic carbocycles. The number of hydrogen-bond donors (Lipinski definition) is 1. The fraction of sp³-hybridized carbons (Fsp3) is 0.176. The van der Waals surface area contributed by atoms with Gasteiger partial charge in [-0.1, -0.05) is 41.6 Å². The molecule has 0 aliphatic rings. The fourth-order valence-electron chi connectivity index (χ4n) is 2.19. The van der Waals surface area contributed by atoms with Crippen molar-refractivity contribution in [3.63, 3.8) is 0 Å². The predicted molar refractivity (Wildman–Crippen MR) is 91.0 cm³/mol. The first kappa shape index (κ1) is 16.0. The zero-order chi connectivity index (χ0) is 16.9. The molecule has 0 unspecified atom stereocenters. The van der Waals surface area contributed by atoms with Gasteiger partial charge >= 0.3 is 0 Å². The Kier molecular flexibility index (Phi) is 4.77. The number of phenols is 1. The first-order valence-electron chi connectivity index (χ1n) is 7.35. The van der Waals surface area contributed by atoms with E-state index in [1.54, 1.807) is 28.9 Å². The molecule has 0 spiro atoms. The summed E-state index contributed by atoms with van der Waals surface area (Å²) >= 11 is 1.32. The van der Waals surface area contributed by atoms with Gasteiger partial charge in [0.1, 0.15) is 11.0 Å². The van der Waals surface area contributed by atoms with Crippen molar-refractivity contribution >= 4 is 11.8 Å². The molecule has 120 valence electrons. The summed E-state index contributed by atoms with van der Waals surface area (Å²) in [5.41, 5.74) is 3.02. The van der Waals surface area contributed by atoms with Gasteiger partial charge in [0.2, 0.25) is 5.16 Å². The second kappa shape index (κ2) is 7.15. The highest BCUT2D eigenvalue weighted by Gasteiger charge is 2.17. The maximum Gasteiger partial charge on any atom is 0.215 e. The lowest BCUT2D eigenvalue weighted by atomic mass is 10.1. The van der Waals surface area contributed by atoms with Crippen LogP contribution in [0.5, 0.6) is 5.75 Å². The van der Waals surface area contributed by atoms with E-state index in [0.29, 0.717) is 11.6 Å². The Hall–Kier alpha value is -2.85. The van der Waals surface area contributed by atoms with Gasteiger partial charge in [0.15, 0.2) is 0 Å². The van der Waals surface area contributed by atoms with E-state index in [0.717, 1.165) is 11.3 Å². The maximum atomic E-state index is 9.46. The molecule has 2 aromatic carbocycles. The molecule has 3 aromatic rings. The zero-order valence-corrected chi connectivity index (χ0v) is 13.8. The number of aromatic hydroxyl groups is 1. The summed E-state index contributed by atoms with van der Waals surface area (Å²) in [5, 5.41) is 30.8. The largest absolute Gasteiger partial charge is 0.508 e. The van der Waals surface area contributed by atoms with E-state index in [1.807, 2.05) is 31.2 Å². The lowest BCUT2D eigenvalue weighted by Gasteiger charge is -2.09. The van der Waals surface area contributed by atoms with Crippen LogP contribution >= 0.6 is 11.8 Å². The molecule has 0 saturated heterocycles. The third-order valence-corrected chi connectivity index (χ3v) is 4.49. The summed E-state index contributed by atoms with van der Waals surface area (Å²) in [6.45, 7) is 2.03. The van der Waals surface area contributed by atoms with Gasteiger partial charge in [-0.2, -0.15) is 9.94 Å². The van der Waals surface area contributed by atoms with Crippen molar-refractivity contribution in [3.8, 4) is 17.5 Å². The molecule has 0 radical (unpaired) electrons. The van der Waals surface area contributed by atoms with Crippen LogP contribution < -0.4 is 0 Å². The molecule has 7 heteroatoms. The quantitative estimate of drug-likeness (QED) is 0.720. The van der Waals surface area contributed by atoms with Gasteiger partial charge in [-0.05, 0) is 53.6 Å². The van der Waals surface area contributed by atoms with Gasteiger partial charge in [-0.15, -0.1) is 5.10 Å². The molecule has 1 atom stereocenters. The molecule has 0 amide bonds. The van der Waals surface area contributed by atoms with Crippen molar-refractivity contribution in [3.05, 3.63) is 59.7 Å². The Labute approximate surface area is 143 Å². The Morgan fingerprint density at radius 3 is 2.54 bits per heavy atom. The average Bonchev–Trinajstić information content (AvgIpc) is 3.05. The lowest BCUT2D eigenvalue weighted by Crippen LogP contribution is -2.07. The van der Waals surface area contributed by atoms with E-state index < -0.39 is 0 Å². The van der Waals surface area contributed by atoms with E-state index in [1.165, 1.54) is 17.3 Å². The van der Waals surface area contributed by atoms with Gasteiger partial charge < -0.3 is 5.11 Å². The molecule has 24 heavy (non-hydrogen) atoms. The minimum atomic E-state index is -0.297. The van der Waals surface area contributed by atoms with Gasteiger partial charge in [-0.3, -0.25) is 0 Å². The Bertz CT molecular complexity index is 852.